The number of ether oxygens (including phenoxy) is 5. The van der Waals surface area contributed by atoms with Gasteiger partial charge >= 0.3 is 5.97 Å². The van der Waals surface area contributed by atoms with Crippen molar-refractivity contribution in [2.24, 2.45) is 35.5 Å². The van der Waals surface area contributed by atoms with E-state index in [0.717, 1.165) is 0 Å². The Bertz CT molecular complexity index is 972. The molecule has 282 valence electrons. The molecule has 0 radical (unpaired) electrons. The SMILES string of the molecule is CC[C@H]1OC(=O)[C@H](C)[C@@H](O[C@H]2CC(C)C(C[O-])[C@H](C)O2)[C@H](C)[C@@H](O[C@@H]2O[C@H](C)CC[C@H]2O)[C@](C)(O)C[C@@H](C)CN(CC)[C@H](C)[C@@H](O)[C@H]1C. The number of esters is 1. The highest BCUT2D eigenvalue weighted by atomic mass is 16.7. The van der Waals surface area contributed by atoms with Crippen molar-refractivity contribution in [1.82, 2.24) is 4.90 Å². The van der Waals surface area contributed by atoms with Crippen LogP contribution in [0.15, 0.2) is 0 Å². The number of carbonyl (C=O) groups is 1. The first-order chi connectivity index (χ1) is 22.4. The summed E-state index contributed by atoms with van der Waals surface area (Å²) in [5.74, 6) is -2.31. The minimum Gasteiger partial charge on any atom is -0.854 e. The Kier molecular flexibility index (Phi) is 15.6. The normalized spacial score (nSPS) is 47.9. The lowest BCUT2D eigenvalue weighted by Gasteiger charge is -2.47. The minimum atomic E-state index is -1.43. The smallest absolute Gasteiger partial charge is 0.311 e. The number of cyclic esters (lactones) is 1. The summed E-state index contributed by atoms with van der Waals surface area (Å²) in [4.78, 5) is 16.3. The standard InChI is InChI=1S/C37H68NO10/c1-12-30-23(6)32(41)26(9)38(13-2)18-20(3)17-37(11,43)34(48-36-29(40)15-14-22(5)44-36)24(7)33(25(8)35(42)46-30)47-31-16-21(4)28(19-39)27(10)45-31/h20-34,36,40-41,43H,12-19H2,1-11H3/q-1/t20-,21?,22-,23+,24+,25-,26-,27+,28?,29-,30-,31+,32+,33+,34-,36+,37-/m1/s1. The number of rotatable bonds is 7. The van der Waals surface area contributed by atoms with Crippen LogP contribution in [0.3, 0.4) is 0 Å². The van der Waals surface area contributed by atoms with Crippen LogP contribution in [-0.4, -0.2) is 113 Å². The zero-order chi connectivity index (χ0) is 36.1. The Morgan fingerprint density at radius 3 is 2.23 bits per heavy atom. The summed E-state index contributed by atoms with van der Waals surface area (Å²) in [6.07, 6.45) is -3.47. The first-order valence-corrected chi connectivity index (χ1v) is 18.7. The highest BCUT2D eigenvalue weighted by Gasteiger charge is 2.49. The Morgan fingerprint density at radius 1 is 0.979 bits per heavy atom. The van der Waals surface area contributed by atoms with E-state index in [1.165, 1.54) is 0 Å². The van der Waals surface area contributed by atoms with Crippen molar-refractivity contribution in [1.29, 1.82) is 0 Å². The molecule has 0 aromatic rings. The van der Waals surface area contributed by atoms with Crippen LogP contribution in [0.4, 0.5) is 0 Å². The van der Waals surface area contributed by atoms with Crippen LogP contribution in [0.2, 0.25) is 0 Å². The van der Waals surface area contributed by atoms with Gasteiger partial charge in [-0.05, 0) is 84.6 Å². The molecule has 3 heterocycles. The molecular weight excluding hydrogens is 618 g/mol. The summed E-state index contributed by atoms with van der Waals surface area (Å²) < 4.78 is 31.8. The van der Waals surface area contributed by atoms with Gasteiger partial charge in [0.25, 0.3) is 0 Å². The Labute approximate surface area is 290 Å². The van der Waals surface area contributed by atoms with Crippen LogP contribution < -0.4 is 5.11 Å². The van der Waals surface area contributed by atoms with E-state index in [1.54, 1.807) is 13.8 Å². The quantitative estimate of drug-likeness (QED) is 0.338. The highest BCUT2D eigenvalue weighted by Crippen LogP contribution is 2.39. The molecule has 3 aliphatic heterocycles. The third-order valence-electron chi connectivity index (χ3n) is 11.6. The number of aliphatic hydroxyl groups is 3. The van der Waals surface area contributed by atoms with Crippen LogP contribution in [0, 0.1) is 35.5 Å². The monoisotopic (exact) mass is 686 g/mol. The molecule has 0 aliphatic carbocycles. The molecule has 48 heavy (non-hydrogen) atoms. The molecule has 0 spiro atoms. The van der Waals surface area contributed by atoms with E-state index in [1.807, 2.05) is 48.5 Å². The molecule has 17 atom stereocenters. The van der Waals surface area contributed by atoms with Crippen LogP contribution in [0.5, 0.6) is 0 Å². The summed E-state index contributed by atoms with van der Waals surface area (Å²) >= 11 is 0. The van der Waals surface area contributed by atoms with E-state index < -0.39 is 66.5 Å². The maximum atomic E-state index is 14.1. The number of hydrogen-bond donors (Lipinski definition) is 3. The molecule has 3 aliphatic rings. The van der Waals surface area contributed by atoms with Gasteiger partial charge in [0.15, 0.2) is 12.6 Å². The van der Waals surface area contributed by atoms with Crippen molar-refractivity contribution in [3.8, 4) is 0 Å². The molecule has 3 rings (SSSR count). The molecule has 11 nitrogen and oxygen atoms in total. The molecule has 11 heteroatoms. The average molecular weight is 687 g/mol. The van der Waals surface area contributed by atoms with Gasteiger partial charge in [0.2, 0.25) is 0 Å². The maximum absolute atomic E-state index is 14.1. The number of likely N-dealkylation sites (N-methyl/N-ethyl adjacent to an activating group) is 1. The fourth-order valence-corrected chi connectivity index (χ4v) is 8.50. The predicted octanol–water partition coefficient (Wildman–Crippen LogP) is 3.48. The molecular formula is C37H68NO10-. The zero-order valence-corrected chi connectivity index (χ0v) is 31.5. The number of nitrogens with zero attached hydrogens (tertiary/aromatic N) is 1. The van der Waals surface area contributed by atoms with Gasteiger partial charge in [0.1, 0.15) is 12.2 Å². The highest BCUT2D eigenvalue weighted by molar-refractivity contribution is 5.73. The topological polar surface area (TPSA) is 150 Å². The Balaban J connectivity index is 2.10. The minimum absolute atomic E-state index is 0.00602. The maximum Gasteiger partial charge on any atom is 0.311 e. The van der Waals surface area contributed by atoms with Gasteiger partial charge in [-0.1, -0.05) is 41.5 Å². The number of aliphatic hydroxyl groups excluding tert-OH is 2. The van der Waals surface area contributed by atoms with E-state index in [2.05, 4.69) is 18.7 Å². The fraction of sp³-hybridized carbons (Fsp3) is 0.973. The average Bonchev–Trinajstić information content (AvgIpc) is 3.02. The van der Waals surface area contributed by atoms with Crippen LogP contribution >= 0.6 is 0 Å². The van der Waals surface area contributed by atoms with Gasteiger partial charge in [0, 0.05) is 30.8 Å². The summed E-state index contributed by atoms with van der Waals surface area (Å²) in [5, 5.41) is 46.8. The lowest BCUT2D eigenvalue weighted by molar-refractivity contribution is -0.395. The van der Waals surface area contributed by atoms with Gasteiger partial charge in [0.05, 0.1) is 42.0 Å². The van der Waals surface area contributed by atoms with Crippen molar-refractivity contribution in [3.63, 3.8) is 0 Å². The molecule has 0 amide bonds. The van der Waals surface area contributed by atoms with Crippen molar-refractivity contribution in [2.75, 3.05) is 19.7 Å². The molecule has 0 bridgehead atoms. The molecule has 0 aromatic heterocycles. The fourth-order valence-electron chi connectivity index (χ4n) is 8.50. The van der Waals surface area contributed by atoms with E-state index in [0.29, 0.717) is 45.2 Å². The second-order valence-corrected chi connectivity index (χ2v) is 15.8. The first-order valence-electron chi connectivity index (χ1n) is 18.7. The van der Waals surface area contributed by atoms with E-state index in [4.69, 9.17) is 23.7 Å². The molecule has 3 saturated heterocycles. The van der Waals surface area contributed by atoms with Crippen molar-refractivity contribution in [3.05, 3.63) is 0 Å². The van der Waals surface area contributed by atoms with Gasteiger partial charge in [-0.3, -0.25) is 9.69 Å². The third kappa shape index (κ3) is 10.1. The molecule has 0 saturated carbocycles. The summed E-state index contributed by atoms with van der Waals surface area (Å²) in [6, 6.07) is -0.215. The van der Waals surface area contributed by atoms with Crippen LogP contribution in [0.25, 0.3) is 0 Å². The number of carbonyl (C=O) groups excluding carboxylic acids is 1. The van der Waals surface area contributed by atoms with E-state index in [9.17, 15) is 25.2 Å². The third-order valence-corrected chi connectivity index (χ3v) is 11.6. The second-order valence-electron chi connectivity index (χ2n) is 15.8. The van der Waals surface area contributed by atoms with Crippen LogP contribution in [-0.2, 0) is 28.5 Å². The van der Waals surface area contributed by atoms with E-state index >= 15 is 0 Å². The molecule has 0 aromatic carbocycles. The predicted molar refractivity (Wildman–Crippen MR) is 181 cm³/mol. The summed E-state index contributed by atoms with van der Waals surface area (Å²) in [7, 11) is 0. The summed E-state index contributed by atoms with van der Waals surface area (Å²) in [5.41, 5.74) is -1.43. The molecule has 3 N–H and O–H groups in total. The Morgan fingerprint density at radius 2 is 1.65 bits per heavy atom. The van der Waals surface area contributed by atoms with Crippen molar-refractivity contribution < 1.29 is 48.9 Å². The molecule has 2 unspecified atom stereocenters. The van der Waals surface area contributed by atoms with Gasteiger partial charge < -0.3 is 44.1 Å². The van der Waals surface area contributed by atoms with Gasteiger partial charge in [-0.25, -0.2) is 0 Å². The van der Waals surface area contributed by atoms with Crippen LogP contribution in [0.1, 0.15) is 108 Å². The first kappa shape index (κ1) is 41.5. The molecule has 3 fully saturated rings. The van der Waals surface area contributed by atoms with Crippen molar-refractivity contribution >= 4 is 5.97 Å². The zero-order valence-electron chi connectivity index (χ0n) is 31.5. The van der Waals surface area contributed by atoms with Gasteiger partial charge in [-0.2, -0.15) is 0 Å². The van der Waals surface area contributed by atoms with Gasteiger partial charge in [-0.15, -0.1) is 6.61 Å². The van der Waals surface area contributed by atoms with E-state index in [-0.39, 0.29) is 48.5 Å². The van der Waals surface area contributed by atoms with Crippen molar-refractivity contribution in [2.45, 2.75) is 175 Å². The Hall–Kier alpha value is -0.890. The number of hydrogen-bond acceptors (Lipinski definition) is 11. The lowest BCUT2D eigenvalue weighted by Crippen LogP contribution is -2.56. The lowest BCUT2D eigenvalue weighted by atomic mass is 9.77. The second kappa shape index (κ2) is 18.0. The largest absolute Gasteiger partial charge is 0.854 e. The summed E-state index contributed by atoms with van der Waals surface area (Å²) in [6.45, 7) is 22.3.